The van der Waals surface area contributed by atoms with Crippen LogP contribution in [0, 0.1) is 6.92 Å². The van der Waals surface area contributed by atoms with E-state index < -0.39 is 0 Å². The molecule has 0 saturated heterocycles. The van der Waals surface area contributed by atoms with Gasteiger partial charge in [-0.05, 0) is 64.4 Å². The summed E-state index contributed by atoms with van der Waals surface area (Å²) in [5, 5.41) is 3.57. The van der Waals surface area contributed by atoms with Gasteiger partial charge in [-0.3, -0.25) is 9.88 Å². The van der Waals surface area contributed by atoms with Crippen LogP contribution in [-0.2, 0) is 6.54 Å². The first-order chi connectivity index (χ1) is 9.28. The number of rotatable bonds is 9. The lowest BCUT2D eigenvalue weighted by molar-refractivity contribution is 0.270. The van der Waals surface area contributed by atoms with Gasteiger partial charge in [0.05, 0.1) is 5.69 Å². The minimum atomic E-state index is 0.846. The SMILES string of the molecule is CCN(CCCCNC1CC1)Cc1cccc(C)n1. The zero-order chi connectivity index (χ0) is 13.5. The highest BCUT2D eigenvalue weighted by molar-refractivity contribution is 5.09. The smallest absolute Gasteiger partial charge is 0.0547 e. The van der Waals surface area contributed by atoms with Crippen molar-refractivity contribution in [3.8, 4) is 0 Å². The fourth-order valence-electron chi connectivity index (χ4n) is 2.32. The molecule has 0 aromatic carbocycles. The number of aryl methyl sites for hydroxylation is 1. The van der Waals surface area contributed by atoms with Crippen molar-refractivity contribution < 1.29 is 0 Å². The van der Waals surface area contributed by atoms with Gasteiger partial charge in [0.1, 0.15) is 0 Å². The highest BCUT2D eigenvalue weighted by atomic mass is 15.1. The summed E-state index contributed by atoms with van der Waals surface area (Å²) in [5.74, 6) is 0. The quantitative estimate of drug-likeness (QED) is 0.693. The predicted octanol–water partition coefficient (Wildman–Crippen LogP) is 2.74. The summed E-state index contributed by atoms with van der Waals surface area (Å²) in [7, 11) is 0. The Morgan fingerprint density at radius 1 is 1.32 bits per heavy atom. The molecule has 3 heteroatoms. The van der Waals surface area contributed by atoms with Crippen LogP contribution in [0.5, 0.6) is 0 Å². The van der Waals surface area contributed by atoms with E-state index in [2.05, 4.69) is 47.2 Å². The highest BCUT2D eigenvalue weighted by Crippen LogP contribution is 2.18. The molecular weight excluding hydrogens is 234 g/mol. The van der Waals surface area contributed by atoms with E-state index in [4.69, 9.17) is 0 Å². The molecule has 1 aromatic heterocycles. The number of nitrogens with zero attached hydrogens (tertiary/aromatic N) is 2. The molecule has 1 aliphatic carbocycles. The predicted molar refractivity (Wildman–Crippen MR) is 80.2 cm³/mol. The number of pyridine rings is 1. The number of aromatic nitrogens is 1. The molecule has 1 fully saturated rings. The molecule has 3 nitrogen and oxygen atoms in total. The fraction of sp³-hybridized carbons (Fsp3) is 0.688. The van der Waals surface area contributed by atoms with Crippen molar-refractivity contribution in [2.24, 2.45) is 0 Å². The number of unbranched alkanes of at least 4 members (excludes halogenated alkanes) is 1. The zero-order valence-electron chi connectivity index (χ0n) is 12.4. The molecule has 1 aliphatic rings. The van der Waals surface area contributed by atoms with Crippen LogP contribution in [0.25, 0.3) is 0 Å². The van der Waals surface area contributed by atoms with Crippen molar-refractivity contribution in [2.75, 3.05) is 19.6 Å². The van der Waals surface area contributed by atoms with Crippen LogP contribution in [0.2, 0.25) is 0 Å². The second-order valence-corrected chi connectivity index (χ2v) is 5.57. The molecule has 0 atom stereocenters. The van der Waals surface area contributed by atoms with Crippen molar-refractivity contribution in [1.29, 1.82) is 0 Å². The summed E-state index contributed by atoms with van der Waals surface area (Å²) in [5.41, 5.74) is 2.31. The highest BCUT2D eigenvalue weighted by Gasteiger charge is 2.19. The Balaban J connectivity index is 1.64. The normalized spacial score (nSPS) is 15.1. The second kappa shape index (κ2) is 7.61. The third-order valence-electron chi connectivity index (χ3n) is 3.69. The van der Waals surface area contributed by atoms with Crippen LogP contribution >= 0.6 is 0 Å². The maximum Gasteiger partial charge on any atom is 0.0547 e. The van der Waals surface area contributed by atoms with E-state index in [1.54, 1.807) is 0 Å². The van der Waals surface area contributed by atoms with Gasteiger partial charge in [0.15, 0.2) is 0 Å². The van der Waals surface area contributed by atoms with Gasteiger partial charge in [-0.1, -0.05) is 13.0 Å². The minimum Gasteiger partial charge on any atom is -0.314 e. The third kappa shape index (κ3) is 5.70. The molecule has 0 radical (unpaired) electrons. The molecule has 0 unspecified atom stereocenters. The van der Waals surface area contributed by atoms with Crippen molar-refractivity contribution in [2.45, 2.75) is 52.1 Å². The summed E-state index contributed by atoms with van der Waals surface area (Å²) >= 11 is 0. The maximum atomic E-state index is 4.58. The minimum absolute atomic E-state index is 0.846. The van der Waals surface area contributed by atoms with Gasteiger partial charge in [-0.2, -0.15) is 0 Å². The summed E-state index contributed by atoms with van der Waals surface area (Å²) in [6.07, 6.45) is 5.34. The maximum absolute atomic E-state index is 4.58. The summed E-state index contributed by atoms with van der Waals surface area (Å²) < 4.78 is 0. The van der Waals surface area contributed by atoms with E-state index in [-0.39, 0.29) is 0 Å². The Morgan fingerprint density at radius 3 is 2.84 bits per heavy atom. The van der Waals surface area contributed by atoms with E-state index in [0.29, 0.717) is 0 Å². The van der Waals surface area contributed by atoms with Crippen molar-refractivity contribution >= 4 is 0 Å². The molecular formula is C16H27N3. The first-order valence-electron chi connectivity index (χ1n) is 7.66. The molecule has 1 heterocycles. The van der Waals surface area contributed by atoms with E-state index in [9.17, 15) is 0 Å². The molecule has 1 aromatic rings. The Hall–Kier alpha value is -0.930. The van der Waals surface area contributed by atoms with Gasteiger partial charge in [0.25, 0.3) is 0 Å². The Labute approximate surface area is 117 Å². The fourth-order valence-corrected chi connectivity index (χ4v) is 2.32. The van der Waals surface area contributed by atoms with Crippen LogP contribution in [-0.4, -0.2) is 35.6 Å². The molecule has 0 amide bonds. The van der Waals surface area contributed by atoms with Crippen LogP contribution in [0.3, 0.4) is 0 Å². The van der Waals surface area contributed by atoms with Crippen LogP contribution in [0.15, 0.2) is 18.2 Å². The molecule has 1 saturated carbocycles. The summed E-state index contributed by atoms with van der Waals surface area (Å²) in [6, 6.07) is 7.14. The van der Waals surface area contributed by atoms with Crippen molar-refractivity contribution in [1.82, 2.24) is 15.2 Å². The first kappa shape index (κ1) is 14.5. The zero-order valence-corrected chi connectivity index (χ0v) is 12.4. The molecule has 0 aliphatic heterocycles. The Morgan fingerprint density at radius 2 is 2.16 bits per heavy atom. The van der Waals surface area contributed by atoms with Crippen LogP contribution in [0.1, 0.15) is 44.0 Å². The second-order valence-electron chi connectivity index (χ2n) is 5.57. The van der Waals surface area contributed by atoms with Gasteiger partial charge >= 0.3 is 0 Å². The monoisotopic (exact) mass is 261 g/mol. The topological polar surface area (TPSA) is 28.2 Å². The third-order valence-corrected chi connectivity index (χ3v) is 3.69. The number of nitrogens with one attached hydrogen (secondary N) is 1. The lowest BCUT2D eigenvalue weighted by atomic mass is 10.2. The first-order valence-corrected chi connectivity index (χ1v) is 7.66. The molecule has 2 rings (SSSR count). The molecule has 0 bridgehead atoms. The van der Waals surface area contributed by atoms with E-state index in [1.165, 1.54) is 44.5 Å². The lowest BCUT2D eigenvalue weighted by Crippen LogP contribution is -2.26. The van der Waals surface area contributed by atoms with Crippen LogP contribution < -0.4 is 5.32 Å². The van der Waals surface area contributed by atoms with Gasteiger partial charge in [0, 0.05) is 18.3 Å². The van der Waals surface area contributed by atoms with Crippen molar-refractivity contribution in [3.05, 3.63) is 29.6 Å². The molecule has 106 valence electrons. The van der Waals surface area contributed by atoms with Gasteiger partial charge < -0.3 is 5.32 Å². The van der Waals surface area contributed by atoms with Gasteiger partial charge in [-0.15, -0.1) is 0 Å². The molecule has 1 N–H and O–H groups in total. The van der Waals surface area contributed by atoms with Gasteiger partial charge in [-0.25, -0.2) is 0 Å². The average Bonchev–Trinajstić information content (AvgIpc) is 3.21. The van der Waals surface area contributed by atoms with Crippen molar-refractivity contribution in [3.63, 3.8) is 0 Å². The molecule has 0 spiro atoms. The molecule has 19 heavy (non-hydrogen) atoms. The number of hydrogen-bond donors (Lipinski definition) is 1. The Kier molecular flexibility index (Phi) is 5.80. The van der Waals surface area contributed by atoms with E-state index in [1.807, 2.05) is 0 Å². The number of hydrogen-bond acceptors (Lipinski definition) is 3. The average molecular weight is 261 g/mol. The van der Waals surface area contributed by atoms with E-state index >= 15 is 0 Å². The summed E-state index contributed by atoms with van der Waals surface area (Å²) in [6.45, 7) is 8.74. The Bertz CT molecular complexity index is 374. The van der Waals surface area contributed by atoms with Crippen LogP contribution in [0.4, 0.5) is 0 Å². The van der Waals surface area contributed by atoms with E-state index in [0.717, 1.165) is 24.8 Å². The lowest BCUT2D eigenvalue weighted by Gasteiger charge is -2.20. The van der Waals surface area contributed by atoms with Gasteiger partial charge in [0.2, 0.25) is 0 Å². The standard InChI is InChI=1S/C16H27N3/c1-3-19(12-5-4-11-17-15-9-10-15)13-16-8-6-7-14(2)18-16/h6-8,15,17H,3-5,9-13H2,1-2H3. The summed E-state index contributed by atoms with van der Waals surface area (Å²) in [4.78, 5) is 7.07. The largest absolute Gasteiger partial charge is 0.314 e.